The Hall–Kier alpha value is -0.260. The van der Waals surface area contributed by atoms with Crippen molar-refractivity contribution < 1.29 is 0 Å². The molecule has 2 N–H and O–H groups in total. The van der Waals surface area contributed by atoms with Crippen LogP contribution in [0, 0.1) is 6.92 Å². The molecule has 0 saturated heterocycles. The van der Waals surface area contributed by atoms with Crippen molar-refractivity contribution in [3.63, 3.8) is 0 Å². The van der Waals surface area contributed by atoms with Gasteiger partial charge < -0.3 is 10.6 Å². The minimum absolute atomic E-state index is 0.679. The van der Waals surface area contributed by atoms with Gasteiger partial charge in [-0.15, -0.1) is 11.8 Å². The highest BCUT2D eigenvalue weighted by Gasteiger charge is 2.06. The van der Waals surface area contributed by atoms with Gasteiger partial charge in [0.2, 0.25) is 0 Å². The van der Waals surface area contributed by atoms with Crippen molar-refractivity contribution in [1.29, 1.82) is 0 Å². The average Bonchev–Trinajstić information content (AvgIpc) is 2.52. The van der Waals surface area contributed by atoms with Crippen molar-refractivity contribution in [3.05, 3.63) is 5.69 Å². The summed E-state index contributed by atoms with van der Waals surface area (Å²) in [4.78, 5) is 6.63. The standard InChI is InChI=1S/C10H19N3S2/c1-4-13(5-2)6-7-14-9-8(3)12-10(11)15-9/h4-7H2,1-3H3,(H2,11,12). The Bertz CT molecular complexity index is 295. The van der Waals surface area contributed by atoms with E-state index in [1.54, 1.807) is 11.3 Å². The lowest BCUT2D eigenvalue weighted by atomic mass is 10.5. The van der Waals surface area contributed by atoms with Gasteiger partial charge in [-0.1, -0.05) is 25.2 Å². The zero-order chi connectivity index (χ0) is 11.3. The van der Waals surface area contributed by atoms with Gasteiger partial charge in [0.25, 0.3) is 0 Å². The van der Waals surface area contributed by atoms with Crippen LogP contribution in [0.2, 0.25) is 0 Å². The molecule has 0 aliphatic carbocycles. The molecule has 0 saturated carbocycles. The van der Waals surface area contributed by atoms with Crippen molar-refractivity contribution in [2.45, 2.75) is 25.0 Å². The highest BCUT2D eigenvalue weighted by Crippen LogP contribution is 2.30. The molecule has 86 valence electrons. The van der Waals surface area contributed by atoms with Gasteiger partial charge in [-0.3, -0.25) is 0 Å². The molecular weight excluding hydrogens is 226 g/mol. The van der Waals surface area contributed by atoms with Gasteiger partial charge in [0.1, 0.15) is 0 Å². The van der Waals surface area contributed by atoms with Crippen LogP contribution in [0.25, 0.3) is 0 Å². The number of hydrogen-bond donors (Lipinski definition) is 1. The monoisotopic (exact) mass is 245 g/mol. The minimum Gasteiger partial charge on any atom is -0.375 e. The molecule has 0 amide bonds. The third kappa shape index (κ3) is 4.01. The summed E-state index contributed by atoms with van der Waals surface area (Å²) < 4.78 is 1.26. The predicted molar refractivity (Wildman–Crippen MR) is 69.8 cm³/mol. The van der Waals surface area contributed by atoms with E-state index in [4.69, 9.17) is 5.73 Å². The molecule has 0 atom stereocenters. The molecule has 1 heterocycles. The van der Waals surface area contributed by atoms with Gasteiger partial charge in [0.05, 0.1) is 9.90 Å². The fourth-order valence-corrected chi connectivity index (χ4v) is 3.44. The van der Waals surface area contributed by atoms with Crippen LogP contribution in [0.4, 0.5) is 5.13 Å². The summed E-state index contributed by atoms with van der Waals surface area (Å²) in [6.45, 7) is 9.80. The molecule has 0 aliphatic rings. The van der Waals surface area contributed by atoms with E-state index in [2.05, 4.69) is 23.7 Å². The van der Waals surface area contributed by atoms with Crippen molar-refractivity contribution in [1.82, 2.24) is 9.88 Å². The van der Waals surface area contributed by atoms with Crippen LogP contribution < -0.4 is 5.73 Å². The quantitative estimate of drug-likeness (QED) is 0.782. The molecule has 0 aliphatic heterocycles. The molecule has 5 heteroatoms. The maximum Gasteiger partial charge on any atom is 0.181 e. The summed E-state index contributed by atoms with van der Waals surface area (Å²) in [6.07, 6.45) is 0. The highest BCUT2D eigenvalue weighted by molar-refractivity contribution is 8.01. The fourth-order valence-electron chi connectivity index (χ4n) is 1.34. The van der Waals surface area contributed by atoms with E-state index < -0.39 is 0 Å². The number of nitrogen functional groups attached to an aromatic ring is 1. The van der Waals surface area contributed by atoms with E-state index in [-0.39, 0.29) is 0 Å². The highest BCUT2D eigenvalue weighted by atomic mass is 32.2. The van der Waals surface area contributed by atoms with Crippen LogP contribution in [-0.4, -0.2) is 35.3 Å². The van der Waals surface area contributed by atoms with E-state index >= 15 is 0 Å². The number of rotatable bonds is 6. The van der Waals surface area contributed by atoms with E-state index in [1.165, 1.54) is 4.21 Å². The zero-order valence-electron chi connectivity index (χ0n) is 9.62. The number of thiazole rings is 1. The Morgan fingerprint density at radius 1 is 1.40 bits per heavy atom. The molecule has 0 aromatic carbocycles. The van der Waals surface area contributed by atoms with E-state index in [9.17, 15) is 0 Å². The number of anilines is 1. The van der Waals surface area contributed by atoms with Gasteiger partial charge in [-0.25, -0.2) is 4.98 Å². The number of nitrogens with two attached hydrogens (primary N) is 1. The second-order valence-electron chi connectivity index (χ2n) is 3.30. The summed E-state index contributed by atoms with van der Waals surface area (Å²) in [5.74, 6) is 1.12. The summed E-state index contributed by atoms with van der Waals surface area (Å²) >= 11 is 3.45. The van der Waals surface area contributed by atoms with Crippen molar-refractivity contribution in [2.24, 2.45) is 0 Å². The van der Waals surface area contributed by atoms with E-state index in [0.717, 1.165) is 31.1 Å². The van der Waals surface area contributed by atoms with Crippen molar-refractivity contribution in [3.8, 4) is 0 Å². The van der Waals surface area contributed by atoms with Crippen LogP contribution in [-0.2, 0) is 0 Å². The molecule has 1 rings (SSSR count). The van der Waals surface area contributed by atoms with Crippen LogP contribution in [0.1, 0.15) is 19.5 Å². The van der Waals surface area contributed by atoms with Gasteiger partial charge in [-0.2, -0.15) is 0 Å². The molecule has 0 spiro atoms. The third-order valence-corrected chi connectivity index (χ3v) is 4.63. The summed E-state index contributed by atoms with van der Waals surface area (Å²) in [5.41, 5.74) is 6.72. The van der Waals surface area contributed by atoms with Crippen LogP contribution in [0.15, 0.2) is 4.21 Å². The Labute approximate surface area is 100 Å². The van der Waals surface area contributed by atoms with Crippen molar-refractivity contribution >= 4 is 28.2 Å². The predicted octanol–water partition coefficient (Wildman–Crippen LogP) is 2.47. The Kier molecular flexibility index (Phi) is 5.42. The van der Waals surface area contributed by atoms with Gasteiger partial charge >= 0.3 is 0 Å². The second kappa shape index (κ2) is 6.35. The molecular formula is C10H19N3S2. The summed E-state index contributed by atoms with van der Waals surface area (Å²) in [5, 5.41) is 0.679. The number of aromatic nitrogens is 1. The molecule has 1 aromatic heterocycles. The van der Waals surface area contributed by atoms with E-state index in [0.29, 0.717) is 5.13 Å². The lowest BCUT2D eigenvalue weighted by molar-refractivity contribution is 0.324. The Balaban J connectivity index is 2.34. The summed E-state index contributed by atoms with van der Waals surface area (Å²) in [6, 6.07) is 0. The maximum atomic E-state index is 5.65. The first kappa shape index (κ1) is 12.8. The van der Waals surface area contributed by atoms with Crippen LogP contribution in [0.5, 0.6) is 0 Å². The topological polar surface area (TPSA) is 42.1 Å². The zero-order valence-corrected chi connectivity index (χ0v) is 11.2. The molecule has 1 aromatic rings. The molecule has 0 unspecified atom stereocenters. The maximum absolute atomic E-state index is 5.65. The number of nitrogens with zero attached hydrogens (tertiary/aromatic N) is 2. The lowest BCUT2D eigenvalue weighted by Crippen LogP contribution is -2.25. The molecule has 0 bridgehead atoms. The Morgan fingerprint density at radius 3 is 2.53 bits per heavy atom. The largest absolute Gasteiger partial charge is 0.375 e. The summed E-state index contributed by atoms with van der Waals surface area (Å²) in [7, 11) is 0. The third-order valence-electron chi connectivity index (χ3n) is 2.31. The van der Waals surface area contributed by atoms with E-state index in [1.807, 2.05) is 18.7 Å². The normalized spacial score (nSPS) is 11.2. The Morgan fingerprint density at radius 2 is 2.07 bits per heavy atom. The first-order chi connectivity index (χ1) is 7.17. The number of aryl methyl sites for hydroxylation is 1. The molecule has 0 radical (unpaired) electrons. The first-order valence-corrected chi connectivity index (χ1v) is 7.05. The smallest absolute Gasteiger partial charge is 0.181 e. The molecule has 0 fully saturated rings. The van der Waals surface area contributed by atoms with Gasteiger partial charge in [-0.05, 0) is 20.0 Å². The molecule has 15 heavy (non-hydrogen) atoms. The van der Waals surface area contributed by atoms with Gasteiger partial charge in [0.15, 0.2) is 5.13 Å². The first-order valence-electron chi connectivity index (χ1n) is 5.25. The number of thioether (sulfide) groups is 1. The lowest BCUT2D eigenvalue weighted by Gasteiger charge is -2.16. The number of hydrogen-bond acceptors (Lipinski definition) is 5. The average molecular weight is 245 g/mol. The fraction of sp³-hybridized carbons (Fsp3) is 0.700. The van der Waals surface area contributed by atoms with Crippen LogP contribution in [0.3, 0.4) is 0 Å². The second-order valence-corrected chi connectivity index (χ2v) is 5.69. The van der Waals surface area contributed by atoms with Crippen molar-refractivity contribution in [2.75, 3.05) is 31.1 Å². The SMILES string of the molecule is CCN(CC)CCSc1sc(N)nc1C. The van der Waals surface area contributed by atoms with Gasteiger partial charge in [0, 0.05) is 12.3 Å². The molecule has 3 nitrogen and oxygen atoms in total. The minimum atomic E-state index is 0.679. The van der Waals surface area contributed by atoms with Crippen LogP contribution >= 0.6 is 23.1 Å².